The molecule has 0 aliphatic rings. The summed E-state index contributed by atoms with van der Waals surface area (Å²) in [5.41, 5.74) is 0.739. The Balaban J connectivity index is 2.22. The largest absolute Gasteiger partial charge is 0.472 e. The van der Waals surface area contributed by atoms with Gasteiger partial charge in [-0.05, 0) is 13.0 Å². The average Bonchev–Trinajstić information content (AvgIpc) is 2.69. The van der Waals surface area contributed by atoms with Crippen molar-refractivity contribution in [1.29, 1.82) is 0 Å². The highest BCUT2D eigenvalue weighted by molar-refractivity contribution is 5.77. The molecule has 0 amide bonds. The average molecular weight is 192 g/mol. The third kappa shape index (κ3) is 1.71. The van der Waals surface area contributed by atoms with E-state index in [1.165, 1.54) is 19.5 Å². The van der Waals surface area contributed by atoms with Crippen molar-refractivity contribution in [1.82, 2.24) is 10.1 Å². The van der Waals surface area contributed by atoms with Crippen molar-refractivity contribution >= 4 is 5.78 Å². The maximum Gasteiger partial charge on any atom is 0.234 e. The Morgan fingerprint density at radius 2 is 2.43 bits per heavy atom. The van der Waals surface area contributed by atoms with E-state index in [0.29, 0.717) is 11.7 Å². The fourth-order valence-corrected chi connectivity index (χ4v) is 1.05. The Labute approximate surface area is 79.7 Å². The molecule has 0 aliphatic heterocycles. The number of carbonyl (C=O) groups is 1. The minimum absolute atomic E-state index is 0.00704. The monoisotopic (exact) mass is 192 g/mol. The lowest BCUT2D eigenvalue weighted by atomic mass is 10.3. The lowest BCUT2D eigenvalue weighted by Crippen LogP contribution is -1.95. The van der Waals surface area contributed by atoms with Gasteiger partial charge >= 0.3 is 0 Å². The predicted octanol–water partition coefficient (Wildman–Crippen LogP) is 1.46. The summed E-state index contributed by atoms with van der Waals surface area (Å²) in [6.07, 6.45) is 3.21. The van der Waals surface area contributed by atoms with Crippen LogP contribution >= 0.6 is 0 Å². The van der Waals surface area contributed by atoms with Gasteiger partial charge in [-0.1, -0.05) is 5.16 Å². The smallest absolute Gasteiger partial charge is 0.234 e. The van der Waals surface area contributed by atoms with Crippen molar-refractivity contribution in [2.24, 2.45) is 0 Å². The van der Waals surface area contributed by atoms with E-state index < -0.39 is 0 Å². The molecule has 0 N–H and O–H groups in total. The molecule has 2 rings (SSSR count). The molecule has 0 aliphatic carbocycles. The molecule has 2 aromatic rings. The van der Waals surface area contributed by atoms with Crippen molar-refractivity contribution in [2.45, 2.75) is 13.3 Å². The zero-order valence-corrected chi connectivity index (χ0v) is 7.56. The van der Waals surface area contributed by atoms with Crippen LogP contribution in [0, 0.1) is 0 Å². The van der Waals surface area contributed by atoms with Gasteiger partial charge in [0, 0.05) is 0 Å². The summed E-state index contributed by atoms with van der Waals surface area (Å²) in [5.74, 6) is 0.760. The second kappa shape index (κ2) is 3.45. The molecule has 2 heterocycles. The van der Waals surface area contributed by atoms with E-state index in [0.717, 1.165) is 5.56 Å². The molecule has 0 bridgehead atoms. The molecule has 0 radical (unpaired) electrons. The number of rotatable bonds is 3. The molecule has 14 heavy (non-hydrogen) atoms. The summed E-state index contributed by atoms with van der Waals surface area (Å²) in [6, 6.07) is 1.72. The summed E-state index contributed by atoms with van der Waals surface area (Å²) in [5, 5.41) is 3.71. The number of Topliss-reactive ketones (excluding diaryl/α,β-unsaturated/α-hetero) is 1. The Kier molecular flexibility index (Phi) is 2.14. The fraction of sp³-hybridized carbons (Fsp3) is 0.222. The van der Waals surface area contributed by atoms with Gasteiger partial charge in [-0.2, -0.15) is 4.98 Å². The van der Waals surface area contributed by atoms with Crippen LogP contribution in [0.4, 0.5) is 0 Å². The van der Waals surface area contributed by atoms with Gasteiger partial charge < -0.3 is 8.94 Å². The van der Waals surface area contributed by atoms with Crippen molar-refractivity contribution < 1.29 is 13.7 Å². The molecule has 0 unspecified atom stereocenters. The van der Waals surface area contributed by atoms with Gasteiger partial charge in [0.2, 0.25) is 11.7 Å². The van der Waals surface area contributed by atoms with Crippen molar-refractivity contribution in [3.8, 4) is 11.4 Å². The van der Waals surface area contributed by atoms with Crippen molar-refractivity contribution in [2.75, 3.05) is 0 Å². The number of nitrogens with zero attached hydrogens (tertiary/aromatic N) is 2. The lowest BCUT2D eigenvalue weighted by Gasteiger charge is -1.84. The number of ketones is 1. The summed E-state index contributed by atoms with van der Waals surface area (Å²) < 4.78 is 9.75. The molecule has 5 nitrogen and oxygen atoms in total. The van der Waals surface area contributed by atoms with E-state index in [2.05, 4.69) is 10.1 Å². The molecule has 5 heteroatoms. The van der Waals surface area contributed by atoms with Crippen LogP contribution in [0.2, 0.25) is 0 Å². The van der Waals surface area contributed by atoms with Crippen molar-refractivity contribution in [3.05, 3.63) is 24.5 Å². The van der Waals surface area contributed by atoms with E-state index in [9.17, 15) is 4.79 Å². The SMILES string of the molecule is CC(=O)Cc1nc(-c2ccoc2)no1. The highest BCUT2D eigenvalue weighted by Crippen LogP contribution is 2.15. The first-order valence-corrected chi connectivity index (χ1v) is 4.10. The highest BCUT2D eigenvalue weighted by Gasteiger charge is 2.10. The lowest BCUT2D eigenvalue weighted by molar-refractivity contribution is -0.116. The Bertz CT molecular complexity index is 431. The highest BCUT2D eigenvalue weighted by atomic mass is 16.5. The van der Waals surface area contributed by atoms with Gasteiger partial charge in [-0.3, -0.25) is 4.79 Å². The molecule has 0 saturated carbocycles. The number of furan rings is 1. The Hall–Kier alpha value is -1.91. The number of aromatic nitrogens is 2. The van der Waals surface area contributed by atoms with E-state index in [-0.39, 0.29) is 12.2 Å². The minimum Gasteiger partial charge on any atom is -0.472 e. The summed E-state index contributed by atoms with van der Waals surface area (Å²) in [4.78, 5) is 14.8. The van der Waals surface area contributed by atoms with Gasteiger partial charge in [-0.25, -0.2) is 0 Å². The van der Waals surface area contributed by atoms with E-state index in [1.807, 2.05) is 0 Å². The van der Waals surface area contributed by atoms with Crippen LogP contribution in [0.1, 0.15) is 12.8 Å². The van der Waals surface area contributed by atoms with Crippen LogP contribution < -0.4 is 0 Å². The van der Waals surface area contributed by atoms with Crippen LogP contribution in [0.3, 0.4) is 0 Å². The van der Waals surface area contributed by atoms with E-state index in [4.69, 9.17) is 8.94 Å². The standard InChI is InChI=1S/C9H8N2O3/c1-6(12)4-8-10-9(11-14-8)7-2-3-13-5-7/h2-3,5H,4H2,1H3. The van der Waals surface area contributed by atoms with Gasteiger partial charge in [0.25, 0.3) is 0 Å². The predicted molar refractivity (Wildman–Crippen MR) is 46.4 cm³/mol. The van der Waals surface area contributed by atoms with Crippen LogP contribution in [0.5, 0.6) is 0 Å². The van der Waals surface area contributed by atoms with Crippen LogP contribution in [-0.2, 0) is 11.2 Å². The van der Waals surface area contributed by atoms with Crippen LogP contribution in [-0.4, -0.2) is 15.9 Å². The molecule has 2 aromatic heterocycles. The summed E-state index contributed by atoms with van der Waals surface area (Å²) in [7, 11) is 0. The first kappa shape index (κ1) is 8.68. The van der Waals surface area contributed by atoms with E-state index in [1.54, 1.807) is 6.07 Å². The quantitative estimate of drug-likeness (QED) is 0.736. The maximum atomic E-state index is 10.8. The third-order valence-corrected chi connectivity index (χ3v) is 1.65. The molecular formula is C9H8N2O3. The Morgan fingerprint density at radius 1 is 1.57 bits per heavy atom. The molecular weight excluding hydrogens is 184 g/mol. The number of hydrogen-bond acceptors (Lipinski definition) is 5. The number of carbonyl (C=O) groups excluding carboxylic acids is 1. The Morgan fingerprint density at radius 3 is 3.07 bits per heavy atom. The molecule has 0 aromatic carbocycles. The first-order valence-electron chi connectivity index (χ1n) is 4.10. The maximum absolute atomic E-state index is 10.8. The van der Waals surface area contributed by atoms with Gasteiger partial charge in [0.1, 0.15) is 12.0 Å². The second-order valence-electron chi connectivity index (χ2n) is 2.90. The summed E-state index contributed by atoms with van der Waals surface area (Å²) in [6.45, 7) is 1.47. The van der Waals surface area contributed by atoms with Crippen molar-refractivity contribution in [3.63, 3.8) is 0 Å². The van der Waals surface area contributed by atoms with E-state index >= 15 is 0 Å². The van der Waals surface area contributed by atoms with Gasteiger partial charge in [0.15, 0.2) is 0 Å². The molecule has 0 fully saturated rings. The number of hydrogen-bond donors (Lipinski definition) is 0. The minimum atomic E-state index is -0.00704. The summed E-state index contributed by atoms with van der Waals surface area (Å²) >= 11 is 0. The van der Waals surface area contributed by atoms with Crippen LogP contribution in [0.15, 0.2) is 27.5 Å². The molecule has 0 saturated heterocycles. The third-order valence-electron chi connectivity index (χ3n) is 1.65. The molecule has 0 spiro atoms. The fourth-order valence-electron chi connectivity index (χ4n) is 1.05. The molecule has 0 atom stereocenters. The molecule has 72 valence electrons. The topological polar surface area (TPSA) is 69.1 Å². The van der Waals surface area contributed by atoms with Crippen LogP contribution in [0.25, 0.3) is 11.4 Å². The zero-order chi connectivity index (χ0) is 9.97. The van der Waals surface area contributed by atoms with Gasteiger partial charge in [-0.15, -0.1) is 0 Å². The second-order valence-corrected chi connectivity index (χ2v) is 2.90. The normalized spacial score (nSPS) is 10.4. The zero-order valence-electron chi connectivity index (χ0n) is 7.56. The van der Waals surface area contributed by atoms with Gasteiger partial charge in [0.05, 0.1) is 18.2 Å². The first-order chi connectivity index (χ1) is 6.75.